The summed E-state index contributed by atoms with van der Waals surface area (Å²) in [5.41, 5.74) is 3.20. The van der Waals surface area contributed by atoms with Gasteiger partial charge in [-0.25, -0.2) is 0 Å². The Hall–Kier alpha value is -1.51. The number of fused-ring (bicyclic) bond motifs is 1. The number of anilines is 1. The van der Waals surface area contributed by atoms with E-state index in [1.54, 1.807) is 0 Å². The van der Waals surface area contributed by atoms with Crippen LogP contribution in [0.4, 0.5) is 5.69 Å². The van der Waals surface area contributed by atoms with Crippen LogP contribution in [-0.2, 0) is 17.6 Å². The molecule has 74 valence electrons. The topological polar surface area (TPSA) is 49.3 Å². The Morgan fingerprint density at radius 3 is 3.14 bits per heavy atom. The van der Waals surface area contributed by atoms with Gasteiger partial charge in [-0.1, -0.05) is 12.1 Å². The number of nitrogens with one attached hydrogen (secondary N) is 1. The molecule has 1 aliphatic heterocycles. The van der Waals surface area contributed by atoms with Crippen molar-refractivity contribution in [3.8, 4) is 0 Å². The van der Waals surface area contributed by atoms with Gasteiger partial charge in [-0.2, -0.15) is 0 Å². The fraction of sp³-hybridized carbons (Fsp3) is 0.364. The van der Waals surface area contributed by atoms with Crippen molar-refractivity contribution in [3.05, 3.63) is 29.3 Å². The van der Waals surface area contributed by atoms with Crippen LogP contribution in [-0.4, -0.2) is 17.1 Å². The van der Waals surface area contributed by atoms with Gasteiger partial charge in [0.25, 0.3) is 0 Å². The van der Waals surface area contributed by atoms with Crippen molar-refractivity contribution in [2.75, 3.05) is 5.32 Å². The highest BCUT2D eigenvalue weighted by molar-refractivity contribution is 5.73. The molecular weight excluding hydrogens is 178 g/mol. The van der Waals surface area contributed by atoms with Crippen LogP contribution in [0.25, 0.3) is 0 Å². The van der Waals surface area contributed by atoms with E-state index in [1.165, 1.54) is 5.56 Å². The number of hydrogen-bond donors (Lipinski definition) is 2. The van der Waals surface area contributed by atoms with Gasteiger partial charge in [0.2, 0.25) is 0 Å². The van der Waals surface area contributed by atoms with E-state index in [0.29, 0.717) is 6.04 Å². The van der Waals surface area contributed by atoms with Crippen molar-refractivity contribution in [2.45, 2.75) is 25.8 Å². The SMILES string of the molecule is CC1Cc2c(CC(=O)O)cccc2N1. The Morgan fingerprint density at radius 1 is 1.64 bits per heavy atom. The van der Waals surface area contributed by atoms with E-state index in [-0.39, 0.29) is 6.42 Å². The minimum atomic E-state index is -0.766. The number of benzene rings is 1. The van der Waals surface area contributed by atoms with E-state index in [1.807, 2.05) is 18.2 Å². The molecule has 1 aliphatic rings. The third-order valence-corrected chi connectivity index (χ3v) is 2.53. The van der Waals surface area contributed by atoms with Crippen LogP contribution in [0.2, 0.25) is 0 Å². The first-order valence-electron chi connectivity index (χ1n) is 4.76. The zero-order valence-electron chi connectivity index (χ0n) is 8.08. The van der Waals surface area contributed by atoms with E-state index in [0.717, 1.165) is 17.7 Å². The molecule has 1 atom stereocenters. The molecule has 1 unspecified atom stereocenters. The second-order valence-corrected chi connectivity index (χ2v) is 3.76. The highest BCUT2D eigenvalue weighted by Gasteiger charge is 2.19. The highest BCUT2D eigenvalue weighted by atomic mass is 16.4. The summed E-state index contributed by atoms with van der Waals surface area (Å²) >= 11 is 0. The summed E-state index contributed by atoms with van der Waals surface area (Å²) in [5.74, 6) is -0.766. The molecule has 3 heteroatoms. The number of carbonyl (C=O) groups is 1. The zero-order valence-corrected chi connectivity index (χ0v) is 8.08. The molecule has 0 saturated heterocycles. The molecule has 14 heavy (non-hydrogen) atoms. The summed E-state index contributed by atoms with van der Waals surface area (Å²) in [6.45, 7) is 2.10. The summed E-state index contributed by atoms with van der Waals surface area (Å²) in [6.07, 6.45) is 1.05. The molecule has 0 aromatic heterocycles. The molecule has 0 fully saturated rings. The maximum absolute atomic E-state index is 10.6. The Labute approximate surface area is 82.8 Å². The van der Waals surface area contributed by atoms with Crippen molar-refractivity contribution in [1.29, 1.82) is 0 Å². The first-order valence-corrected chi connectivity index (χ1v) is 4.76. The molecule has 0 radical (unpaired) electrons. The third-order valence-electron chi connectivity index (χ3n) is 2.53. The van der Waals surface area contributed by atoms with Crippen LogP contribution in [0, 0.1) is 0 Å². The van der Waals surface area contributed by atoms with Crippen molar-refractivity contribution < 1.29 is 9.90 Å². The molecule has 3 nitrogen and oxygen atoms in total. The van der Waals surface area contributed by atoms with Gasteiger partial charge < -0.3 is 10.4 Å². The molecule has 0 bridgehead atoms. The van der Waals surface area contributed by atoms with Gasteiger partial charge in [0.1, 0.15) is 0 Å². The van der Waals surface area contributed by atoms with Crippen LogP contribution in [0.1, 0.15) is 18.1 Å². The molecule has 1 aromatic rings. The number of carboxylic acids is 1. The van der Waals surface area contributed by atoms with E-state index in [4.69, 9.17) is 5.11 Å². The van der Waals surface area contributed by atoms with Crippen LogP contribution in [0.3, 0.4) is 0 Å². The first kappa shape index (κ1) is 9.06. The van der Waals surface area contributed by atoms with Gasteiger partial charge in [0.05, 0.1) is 6.42 Å². The monoisotopic (exact) mass is 191 g/mol. The Morgan fingerprint density at radius 2 is 2.43 bits per heavy atom. The number of aliphatic carboxylic acids is 1. The average Bonchev–Trinajstić information content (AvgIpc) is 2.45. The maximum Gasteiger partial charge on any atom is 0.307 e. The lowest BCUT2D eigenvalue weighted by Gasteiger charge is -2.04. The highest BCUT2D eigenvalue weighted by Crippen LogP contribution is 2.28. The minimum Gasteiger partial charge on any atom is -0.481 e. The fourth-order valence-electron chi connectivity index (χ4n) is 1.96. The van der Waals surface area contributed by atoms with E-state index >= 15 is 0 Å². The smallest absolute Gasteiger partial charge is 0.307 e. The van der Waals surface area contributed by atoms with Crippen LogP contribution in [0.15, 0.2) is 18.2 Å². The molecule has 2 N–H and O–H groups in total. The largest absolute Gasteiger partial charge is 0.481 e. The summed E-state index contributed by atoms with van der Waals surface area (Å²) in [4.78, 5) is 10.6. The normalized spacial score (nSPS) is 18.8. The minimum absolute atomic E-state index is 0.123. The maximum atomic E-state index is 10.6. The number of rotatable bonds is 2. The fourth-order valence-corrected chi connectivity index (χ4v) is 1.96. The molecule has 2 rings (SSSR count). The van der Waals surface area contributed by atoms with Crippen LogP contribution < -0.4 is 5.32 Å². The standard InChI is InChI=1S/C11H13NO2/c1-7-5-9-8(6-11(13)14)3-2-4-10(9)12-7/h2-4,7,12H,5-6H2,1H3,(H,13,14). The molecular formula is C11H13NO2. The Balaban J connectivity index is 2.34. The second kappa shape index (κ2) is 3.33. The molecule has 1 heterocycles. The summed E-state index contributed by atoms with van der Waals surface area (Å²) in [7, 11) is 0. The average molecular weight is 191 g/mol. The molecule has 0 spiro atoms. The summed E-state index contributed by atoms with van der Waals surface area (Å²) < 4.78 is 0. The summed E-state index contributed by atoms with van der Waals surface area (Å²) in [5, 5.41) is 12.1. The van der Waals surface area contributed by atoms with Gasteiger partial charge in [-0.05, 0) is 30.5 Å². The lowest BCUT2D eigenvalue weighted by Crippen LogP contribution is -2.08. The number of hydrogen-bond acceptors (Lipinski definition) is 2. The van der Waals surface area contributed by atoms with Crippen molar-refractivity contribution in [3.63, 3.8) is 0 Å². The van der Waals surface area contributed by atoms with Crippen LogP contribution in [0.5, 0.6) is 0 Å². The van der Waals surface area contributed by atoms with Gasteiger partial charge in [-0.3, -0.25) is 4.79 Å². The van der Waals surface area contributed by atoms with E-state index in [9.17, 15) is 4.79 Å². The quantitative estimate of drug-likeness (QED) is 0.747. The molecule has 0 saturated carbocycles. The number of carboxylic acid groups (broad SMARTS) is 1. The van der Waals surface area contributed by atoms with Crippen molar-refractivity contribution in [1.82, 2.24) is 0 Å². The van der Waals surface area contributed by atoms with Gasteiger partial charge in [0, 0.05) is 11.7 Å². The predicted molar refractivity (Wildman–Crippen MR) is 54.6 cm³/mol. The molecule has 0 aliphatic carbocycles. The second-order valence-electron chi connectivity index (χ2n) is 3.76. The van der Waals surface area contributed by atoms with E-state index < -0.39 is 5.97 Å². The Kier molecular flexibility index (Phi) is 2.15. The van der Waals surface area contributed by atoms with Gasteiger partial charge >= 0.3 is 5.97 Å². The Bertz CT molecular complexity index is 374. The van der Waals surface area contributed by atoms with E-state index in [2.05, 4.69) is 12.2 Å². The lowest BCUT2D eigenvalue weighted by molar-refractivity contribution is -0.136. The summed E-state index contributed by atoms with van der Waals surface area (Å²) in [6, 6.07) is 6.22. The molecule has 0 amide bonds. The third kappa shape index (κ3) is 1.58. The predicted octanol–water partition coefficient (Wildman–Crippen LogP) is 1.67. The van der Waals surface area contributed by atoms with Crippen LogP contribution >= 0.6 is 0 Å². The van der Waals surface area contributed by atoms with Gasteiger partial charge in [0.15, 0.2) is 0 Å². The lowest BCUT2D eigenvalue weighted by atomic mass is 10.0. The molecule has 1 aromatic carbocycles. The van der Waals surface area contributed by atoms with Crippen molar-refractivity contribution >= 4 is 11.7 Å². The first-order chi connectivity index (χ1) is 6.66. The van der Waals surface area contributed by atoms with Gasteiger partial charge in [-0.15, -0.1) is 0 Å². The van der Waals surface area contributed by atoms with Crippen molar-refractivity contribution in [2.24, 2.45) is 0 Å². The zero-order chi connectivity index (χ0) is 10.1.